The van der Waals surface area contributed by atoms with Gasteiger partial charge in [-0.25, -0.2) is 17.5 Å². The Bertz CT molecular complexity index is 644. The van der Waals surface area contributed by atoms with Gasteiger partial charge in [-0.1, -0.05) is 11.6 Å². The Morgan fingerprint density at radius 3 is 2.33 bits per heavy atom. The van der Waals surface area contributed by atoms with Crippen molar-refractivity contribution in [1.29, 1.82) is 0 Å². The molecule has 2 saturated carbocycles. The first kappa shape index (κ1) is 15.2. The van der Waals surface area contributed by atoms with Crippen LogP contribution in [0.15, 0.2) is 17.0 Å². The average Bonchev–Trinajstić information content (AvgIpc) is 3.30. The van der Waals surface area contributed by atoms with Crippen LogP contribution in [0, 0.1) is 17.7 Å². The summed E-state index contributed by atoms with van der Waals surface area (Å²) in [7, 11) is -3.80. The van der Waals surface area contributed by atoms with Gasteiger partial charge in [-0.3, -0.25) is 0 Å². The summed E-state index contributed by atoms with van der Waals surface area (Å²) in [5.74, 6) is -0.0264. The Hall–Kier alpha value is -0.690. The van der Waals surface area contributed by atoms with Gasteiger partial charge in [-0.15, -0.1) is 0 Å². The predicted octanol–water partition coefficient (Wildman–Crippen LogP) is 2.44. The van der Waals surface area contributed by atoms with Crippen LogP contribution >= 0.6 is 11.6 Å². The lowest BCUT2D eigenvalue weighted by Crippen LogP contribution is -2.38. The Labute approximate surface area is 128 Å². The molecule has 4 nitrogen and oxygen atoms in total. The first-order valence-corrected chi connectivity index (χ1v) is 8.89. The Balaban J connectivity index is 1.88. The van der Waals surface area contributed by atoms with Gasteiger partial charge in [0.1, 0.15) is 5.82 Å². The van der Waals surface area contributed by atoms with Crippen molar-refractivity contribution < 1.29 is 17.9 Å². The molecular weight excluding hydrogens is 317 g/mol. The lowest BCUT2D eigenvalue weighted by molar-refractivity contribution is 0.281. The lowest BCUT2D eigenvalue weighted by Gasteiger charge is -2.18. The van der Waals surface area contributed by atoms with Crippen LogP contribution in [0.4, 0.5) is 4.39 Å². The topological polar surface area (TPSA) is 66.4 Å². The van der Waals surface area contributed by atoms with E-state index in [1.165, 1.54) is 6.07 Å². The van der Waals surface area contributed by atoms with Crippen molar-refractivity contribution in [2.24, 2.45) is 11.8 Å². The molecule has 0 aliphatic heterocycles. The van der Waals surface area contributed by atoms with Crippen LogP contribution in [0.1, 0.15) is 31.2 Å². The van der Waals surface area contributed by atoms with Crippen molar-refractivity contribution in [2.45, 2.75) is 43.2 Å². The number of rotatable bonds is 6. The van der Waals surface area contributed by atoms with E-state index >= 15 is 0 Å². The van der Waals surface area contributed by atoms with Gasteiger partial charge in [0.05, 0.1) is 16.5 Å². The number of benzene rings is 1. The zero-order chi connectivity index (χ0) is 15.2. The van der Waals surface area contributed by atoms with E-state index in [-0.39, 0.29) is 21.5 Å². The fourth-order valence-corrected chi connectivity index (χ4v) is 4.23. The quantitative estimate of drug-likeness (QED) is 0.840. The molecule has 0 bridgehead atoms. The minimum atomic E-state index is -3.80. The Morgan fingerprint density at radius 2 is 1.86 bits per heavy atom. The summed E-state index contributed by atoms with van der Waals surface area (Å²) in [5, 5.41) is 8.91. The summed E-state index contributed by atoms with van der Waals surface area (Å²) >= 11 is 5.69. The molecule has 1 aromatic rings. The van der Waals surface area contributed by atoms with Gasteiger partial charge in [-0.2, -0.15) is 0 Å². The second-order valence-electron chi connectivity index (χ2n) is 5.86. The van der Waals surface area contributed by atoms with Crippen molar-refractivity contribution in [3.63, 3.8) is 0 Å². The van der Waals surface area contributed by atoms with Crippen LogP contribution < -0.4 is 4.72 Å². The maximum Gasteiger partial charge on any atom is 0.240 e. The van der Waals surface area contributed by atoms with Crippen molar-refractivity contribution >= 4 is 21.6 Å². The summed E-state index contributed by atoms with van der Waals surface area (Å²) in [6.07, 6.45) is 4.17. The molecule has 0 saturated heterocycles. The van der Waals surface area contributed by atoms with Gasteiger partial charge < -0.3 is 5.11 Å². The normalized spacial score (nSPS) is 19.2. The molecule has 0 atom stereocenters. The number of aliphatic hydroxyl groups excluding tert-OH is 1. The number of halogens is 2. The van der Waals surface area contributed by atoms with Gasteiger partial charge >= 0.3 is 0 Å². The predicted molar refractivity (Wildman–Crippen MR) is 76.9 cm³/mol. The van der Waals surface area contributed by atoms with E-state index in [2.05, 4.69) is 4.72 Å². The molecule has 116 valence electrons. The van der Waals surface area contributed by atoms with Crippen molar-refractivity contribution in [3.8, 4) is 0 Å². The smallest absolute Gasteiger partial charge is 0.240 e. The van der Waals surface area contributed by atoms with Gasteiger partial charge in [0.15, 0.2) is 0 Å². The van der Waals surface area contributed by atoms with Gasteiger partial charge in [0, 0.05) is 11.6 Å². The van der Waals surface area contributed by atoms with Crippen LogP contribution in [-0.2, 0) is 16.6 Å². The largest absolute Gasteiger partial charge is 0.392 e. The van der Waals surface area contributed by atoms with Gasteiger partial charge in [0.25, 0.3) is 0 Å². The zero-order valence-corrected chi connectivity index (χ0v) is 12.9. The third-order valence-corrected chi connectivity index (χ3v) is 5.97. The maximum atomic E-state index is 13.7. The molecule has 0 spiro atoms. The molecule has 21 heavy (non-hydrogen) atoms. The highest BCUT2D eigenvalue weighted by atomic mass is 35.5. The minimum absolute atomic E-state index is 0.0497. The third-order valence-electron chi connectivity index (χ3n) is 4.11. The van der Waals surface area contributed by atoms with E-state index in [9.17, 15) is 12.8 Å². The molecule has 0 aromatic heterocycles. The molecule has 0 unspecified atom stereocenters. The highest BCUT2D eigenvalue weighted by Gasteiger charge is 2.43. The molecule has 3 rings (SSSR count). The number of hydrogen-bond donors (Lipinski definition) is 2. The number of nitrogens with one attached hydrogen (secondary N) is 1. The van der Waals surface area contributed by atoms with Crippen molar-refractivity contribution in [3.05, 3.63) is 28.5 Å². The highest BCUT2D eigenvalue weighted by Crippen LogP contribution is 2.45. The zero-order valence-electron chi connectivity index (χ0n) is 11.4. The van der Waals surface area contributed by atoms with E-state index in [1.807, 2.05) is 0 Å². The van der Waals surface area contributed by atoms with E-state index in [4.69, 9.17) is 16.7 Å². The minimum Gasteiger partial charge on any atom is -0.392 e. The van der Waals surface area contributed by atoms with Crippen molar-refractivity contribution in [2.75, 3.05) is 0 Å². The SMILES string of the molecule is O=S(=O)(NC(C1CC1)C1CC1)c1cc(F)c(Cl)c(CO)c1. The molecule has 1 aromatic carbocycles. The Kier molecular flexibility index (Phi) is 3.98. The number of hydrogen-bond acceptors (Lipinski definition) is 3. The standard InChI is InChI=1S/C14H17ClFNO3S/c15-13-10(7-18)5-11(6-12(13)16)21(19,20)17-14(8-1-2-8)9-3-4-9/h5-6,8-9,14,17-18H,1-4,7H2. The van der Waals surface area contributed by atoms with E-state index in [0.29, 0.717) is 11.8 Å². The van der Waals surface area contributed by atoms with E-state index < -0.39 is 22.4 Å². The van der Waals surface area contributed by atoms with Crippen LogP contribution in [0.2, 0.25) is 5.02 Å². The Morgan fingerprint density at radius 1 is 1.29 bits per heavy atom. The fourth-order valence-electron chi connectivity index (χ4n) is 2.62. The number of sulfonamides is 1. The summed E-state index contributed by atoms with van der Waals surface area (Å²) < 4.78 is 41.3. The van der Waals surface area contributed by atoms with Crippen LogP contribution in [0.5, 0.6) is 0 Å². The lowest BCUT2D eigenvalue weighted by atomic mass is 10.1. The molecule has 7 heteroatoms. The van der Waals surface area contributed by atoms with Gasteiger partial charge in [-0.05, 0) is 49.7 Å². The van der Waals surface area contributed by atoms with Crippen molar-refractivity contribution in [1.82, 2.24) is 4.72 Å². The molecule has 0 amide bonds. The van der Waals surface area contributed by atoms with E-state index in [1.54, 1.807) is 0 Å². The first-order chi connectivity index (χ1) is 9.92. The first-order valence-electron chi connectivity index (χ1n) is 7.03. The number of aliphatic hydroxyl groups is 1. The molecule has 2 N–H and O–H groups in total. The monoisotopic (exact) mass is 333 g/mol. The molecule has 2 fully saturated rings. The highest BCUT2D eigenvalue weighted by molar-refractivity contribution is 7.89. The maximum absolute atomic E-state index is 13.7. The molecule has 2 aliphatic carbocycles. The second-order valence-corrected chi connectivity index (χ2v) is 7.95. The average molecular weight is 334 g/mol. The third kappa shape index (κ3) is 3.23. The molecule has 2 aliphatic rings. The van der Waals surface area contributed by atoms with Crippen LogP contribution in [0.3, 0.4) is 0 Å². The van der Waals surface area contributed by atoms with Gasteiger partial charge in [0.2, 0.25) is 10.0 Å². The molecular formula is C14H17ClFNO3S. The van der Waals surface area contributed by atoms with Crippen LogP contribution in [-0.4, -0.2) is 19.6 Å². The second kappa shape index (κ2) is 5.50. The molecule has 0 heterocycles. The summed E-state index contributed by atoms with van der Waals surface area (Å²) in [4.78, 5) is -0.181. The summed E-state index contributed by atoms with van der Waals surface area (Å²) in [5.41, 5.74) is 0.0754. The summed E-state index contributed by atoms with van der Waals surface area (Å²) in [6.45, 7) is -0.506. The van der Waals surface area contributed by atoms with E-state index in [0.717, 1.165) is 31.7 Å². The fraction of sp³-hybridized carbons (Fsp3) is 0.571. The summed E-state index contributed by atoms with van der Waals surface area (Å²) in [6, 6.07) is 2.08. The van der Waals surface area contributed by atoms with Crippen LogP contribution in [0.25, 0.3) is 0 Å². The molecule has 0 radical (unpaired) electrons.